The van der Waals surface area contributed by atoms with E-state index in [4.69, 9.17) is 9.47 Å². The average molecular weight is 466 g/mol. The Morgan fingerprint density at radius 3 is 2.27 bits per heavy atom. The summed E-state index contributed by atoms with van der Waals surface area (Å²) in [5.41, 5.74) is 1.93. The average Bonchev–Trinajstić information content (AvgIpc) is 2.80. The van der Waals surface area contributed by atoms with Crippen LogP contribution in [0.1, 0.15) is 50.2 Å². The molecule has 2 aromatic rings. The summed E-state index contributed by atoms with van der Waals surface area (Å²) in [7, 11) is 0. The first-order chi connectivity index (χ1) is 15.9. The number of piperidine rings is 1. The van der Waals surface area contributed by atoms with Crippen LogP contribution in [0.3, 0.4) is 0 Å². The van der Waals surface area contributed by atoms with Gasteiger partial charge in [-0.1, -0.05) is 12.1 Å². The van der Waals surface area contributed by atoms with Crippen molar-refractivity contribution in [1.82, 2.24) is 0 Å². The molecule has 2 aromatic carbocycles. The van der Waals surface area contributed by atoms with E-state index in [-0.39, 0.29) is 23.9 Å². The van der Waals surface area contributed by atoms with Crippen LogP contribution < -0.4 is 9.64 Å². The Labute approximate surface area is 192 Å². The monoisotopic (exact) mass is 465 g/mol. The molecule has 0 amide bonds. The van der Waals surface area contributed by atoms with E-state index in [9.17, 15) is 18.3 Å². The molecule has 4 rings (SSSR count). The summed E-state index contributed by atoms with van der Waals surface area (Å²) < 4.78 is 53.6. The fourth-order valence-corrected chi connectivity index (χ4v) is 4.55. The van der Waals surface area contributed by atoms with Crippen LogP contribution in [-0.4, -0.2) is 37.5 Å². The van der Waals surface area contributed by atoms with E-state index in [1.165, 1.54) is 12.1 Å². The largest absolute Gasteiger partial charge is 0.573 e. The summed E-state index contributed by atoms with van der Waals surface area (Å²) in [6, 6.07) is 13.2. The van der Waals surface area contributed by atoms with Crippen molar-refractivity contribution in [3.63, 3.8) is 0 Å². The third-order valence-corrected chi connectivity index (χ3v) is 6.32. The highest BCUT2D eigenvalue weighted by Crippen LogP contribution is 2.35. The van der Waals surface area contributed by atoms with Crippen LogP contribution >= 0.6 is 0 Å². The molecule has 180 valence electrons. The molecule has 0 bridgehead atoms. The Bertz CT molecular complexity index is 859. The van der Waals surface area contributed by atoms with Gasteiger partial charge in [0.05, 0.1) is 6.10 Å². The van der Waals surface area contributed by atoms with Crippen molar-refractivity contribution in [3.8, 4) is 11.5 Å². The standard InChI is InChI=1S/C25H30F3NO4/c26-25(27,28)33-22-10-4-19(5-11-22)23(32-24-3-1-2-16-31-24)17-18-12-14-29(15-13-18)20-6-8-21(30)9-7-20/h4-11,18,23-24,30H,1-3,12-17H2. The van der Waals surface area contributed by atoms with Crippen molar-refractivity contribution in [1.29, 1.82) is 0 Å². The first-order valence-corrected chi connectivity index (χ1v) is 11.5. The number of rotatable bonds is 7. The molecule has 2 fully saturated rings. The lowest BCUT2D eigenvalue weighted by molar-refractivity contribution is -0.274. The normalized spacial score (nSPS) is 21.1. The molecule has 8 heteroatoms. The molecule has 2 unspecified atom stereocenters. The summed E-state index contributed by atoms with van der Waals surface area (Å²) in [5.74, 6) is 0.449. The van der Waals surface area contributed by atoms with Crippen molar-refractivity contribution >= 4 is 5.69 Å². The van der Waals surface area contributed by atoms with Gasteiger partial charge in [0.2, 0.25) is 0 Å². The Balaban J connectivity index is 1.40. The molecule has 33 heavy (non-hydrogen) atoms. The zero-order valence-corrected chi connectivity index (χ0v) is 18.5. The second kappa shape index (κ2) is 10.7. The molecule has 1 N–H and O–H groups in total. The van der Waals surface area contributed by atoms with E-state index < -0.39 is 6.36 Å². The van der Waals surface area contributed by atoms with Gasteiger partial charge in [0.25, 0.3) is 0 Å². The molecule has 0 spiro atoms. The summed E-state index contributed by atoms with van der Waals surface area (Å²) in [6.07, 6.45) is 0.394. The van der Waals surface area contributed by atoms with Gasteiger partial charge in [0.15, 0.2) is 6.29 Å². The van der Waals surface area contributed by atoms with Crippen molar-refractivity contribution in [2.45, 2.75) is 57.3 Å². The first kappa shape index (κ1) is 23.7. The van der Waals surface area contributed by atoms with E-state index >= 15 is 0 Å². The molecule has 2 saturated heterocycles. The van der Waals surface area contributed by atoms with Crippen LogP contribution in [0.4, 0.5) is 18.9 Å². The Hall–Kier alpha value is -2.45. The highest BCUT2D eigenvalue weighted by atomic mass is 19.4. The van der Waals surface area contributed by atoms with Gasteiger partial charge in [0, 0.05) is 25.4 Å². The van der Waals surface area contributed by atoms with E-state index in [1.807, 2.05) is 12.1 Å². The maximum Gasteiger partial charge on any atom is 0.573 e. The van der Waals surface area contributed by atoms with Gasteiger partial charge in [-0.15, -0.1) is 13.2 Å². The molecular weight excluding hydrogens is 435 g/mol. The summed E-state index contributed by atoms with van der Waals surface area (Å²) in [4.78, 5) is 2.30. The summed E-state index contributed by atoms with van der Waals surface area (Å²) >= 11 is 0. The number of aromatic hydroxyl groups is 1. The van der Waals surface area contributed by atoms with E-state index in [2.05, 4.69) is 9.64 Å². The SMILES string of the molecule is Oc1ccc(N2CCC(CC(OC3CCCCO3)c3ccc(OC(F)(F)F)cc3)CC2)cc1. The van der Waals surface area contributed by atoms with Crippen molar-refractivity contribution in [2.24, 2.45) is 5.92 Å². The summed E-state index contributed by atoms with van der Waals surface area (Å²) in [5, 5.41) is 9.51. The fourth-order valence-electron chi connectivity index (χ4n) is 4.55. The number of phenols is 1. The number of alkyl halides is 3. The molecular formula is C25H30F3NO4. The van der Waals surface area contributed by atoms with Gasteiger partial charge < -0.3 is 24.2 Å². The van der Waals surface area contributed by atoms with Crippen LogP contribution in [0.15, 0.2) is 48.5 Å². The molecule has 0 aliphatic carbocycles. The maximum absolute atomic E-state index is 12.5. The molecule has 0 radical (unpaired) electrons. The van der Waals surface area contributed by atoms with Crippen molar-refractivity contribution in [3.05, 3.63) is 54.1 Å². The number of halogens is 3. The van der Waals surface area contributed by atoms with Crippen LogP contribution in [0.5, 0.6) is 11.5 Å². The minimum atomic E-state index is -4.71. The topological polar surface area (TPSA) is 51.2 Å². The molecule has 5 nitrogen and oxygen atoms in total. The first-order valence-electron chi connectivity index (χ1n) is 11.5. The zero-order valence-electron chi connectivity index (χ0n) is 18.5. The lowest BCUT2D eigenvalue weighted by Gasteiger charge is -2.36. The van der Waals surface area contributed by atoms with Crippen LogP contribution in [0, 0.1) is 5.92 Å². The van der Waals surface area contributed by atoms with E-state index in [0.717, 1.165) is 62.9 Å². The number of anilines is 1. The number of phenolic OH excluding ortho intramolecular Hbond substituents is 1. The van der Waals surface area contributed by atoms with Gasteiger partial charge >= 0.3 is 6.36 Å². The van der Waals surface area contributed by atoms with Crippen LogP contribution in [-0.2, 0) is 9.47 Å². The minimum Gasteiger partial charge on any atom is -0.508 e. The van der Waals surface area contributed by atoms with E-state index in [0.29, 0.717) is 12.5 Å². The zero-order chi connectivity index (χ0) is 23.3. The van der Waals surface area contributed by atoms with Gasteiger partial charge in [-0.05, 0) is 86.4 Å². The fraction of sp³-hybridized carbons (Fsp3) is 0.520. The third-order valence-electron chi connectivity index (χ3n) is 6.32. The minimum absolute atomic E-state index is 0.235. The molecule has 2 heterocycles. The lowest BCUT2D eigenvalue weighted by Crippen LogP contribution is -2.34. The van der Waals surface area contributed by atoms with Crippen molar-refractivity contribution in [2.75, 3.05) is 24.6 Å². The second-order valence-corrected chi connectivity index (χ2v) is 8.72. The van der Waals surface area contributed by atoms with Gasteiger partial charge in [0.1, 0.15) is 11.5 Å². The number of ether oxygens (including phenoxy) is 3. The van der Waals surface area contributed by atoms with Gasteiger partial charge in [-0.2, -0.15) is 0 Å². The number of nitrogens with zero attached hydrogens (tertiary/aromatic N) is 1. The van der Waals surface area contributed by atoms with Gasteiger partial charge in [-0.3, -0.25) is 0 Å². The smallest absolute Gasteiger partial charge is 0.508 e. The lowest BCUT2D eigenvalue weighted by atomic mass is 9.88. The third kappa shape index (κ3) is 7.01. The number of hydrogen-bond acceptors (Lipinski definition) is 5. The molecule has 2 aliphatic heterocycles. The van der Waals surface area contributed by atoms with Crippen LogP contribution in [0.2, 0.25) is 0 Å². The van der Waals surface area contributed by atoms with E-state index in [1.54, 1.807) is 24.3 Å². The Kier molecular flexibility index (Phi) is 7.65. The van der Waals surface area contributed by atoms with Crippen LogP contribution in [0.25, 0.3) is 0 Å². The second-order valence-electron chi connectivity index (χ2n) is 8.72. The quantitative estimate of drug-likeness (QED) is 0.529. The maximum atomic E-state index is 12.5. The Morgan fingerprint density at radius 2 is 1.67 bits per heavy atom. The predicted molar refractivity (Wildman–Crippen MR) is 118 cm³/mol. The van der Waals surface area contributed by atoms with Crippen molar-refractivity contribution < 1.29 is 32.5 Å². The Morgan fingerprint density at radius 1 is 0.970 bits per heavy atom. The molecule has 2 aliphatic rings. The highest BCUT2D eigenvalue weighted by molar-refractivity contribution is 5.49. The number of benzene rings is 2. The molecule has 0 saturated carbocycles. The number of hydrogen-bond donors (Lipinski definition) is 1. The highest BCUT2D eigenvalue weighted by Gasteiger charge is 2.31. The molecule has 0 aromatic heterocycles. The predicted octanol–water partition coefficient (Wildman–Crippen LogP) is 6.18. The van der Waals surface area contributed by atoms with Gasteiger partial charge in [-0.25, -0.2) is 0 Å². The summed E-state index contributed by atoms with van der Waals surface area (Å²) in [6.45, 7) is 2.47. The molecule has 2 atom stereocenters.